The molecule has 0 saturated heterocycles. The Morgan fingerprint density at radius 1 is 1.32 bits per heavy atom. The van der Waals surface area contributed by atoms with Gasteiger partial charge in [-0.25, -0.2) is 0 Å². The highest BCUT2D eigenvalue weighted by Gasteiger charge is 2.27. The van der Waals surface area contributed by atoms with Crippen LogP contribution in [-0.2, 0) is 0 Å². The molecule has 0 saturated carbocycles. The molecular formula is C17H15ClN2O5. The molecule has 1 atom stereocenters. The number of nitro benzene ring substituents is 1. The van der Waals surface area contributed by atoms with Crippen molar-refractivity contribution in [3.05, 3.63) is 63.2 Å². The maximum Gasteiger partial charge on any atom is 0.283 e. The Morgan fingerprint density at radius 2 is 2.04 bits per heavy atom. The largest absolute Gasteiger partial charge is 0.486 e. The number of ether oxygens (including phenoxy) is 2. The summed E-state index contributed by atoms with van der Waals surface area (Å²) in [6.45, 7) is 0.518. The van der Waals surface area contributed by atoms with Gasteiger partial charge < -0.3 is 14.4 Å². The first-order valence-electron chi connectivity index (χ1n) is 7.53. The fourth-order valence-electron chi connectivity index (χ4n) is 2.58. The van der Waals surface area contributed by atoms with Crippen molar-refractivity contribution in [2.45, 2.75) is 6.10 Å². The summed E-state index contributed by atoms with van der Waals surface area (Å²) in [7, 11) is 1.56. The molecule has 8 heteroatoms. The van der Waals surface area contributed by atoms with E-state index >= 15 is 0 Å². The quantitative estimate of drug-likeness (QED) is 0.616. The summed E-state index contributed by atoms with van der Waals surface area (Å²) >= 11 is 5.78. The van der Waals surface area contributed by atoms with Crippen molar-refractivity contribution in [1.29, 1.82) is 0 Å². The lowest BCUT2D eigenvalue weighted by molar-refractivity contribution is -0.385. The van der Waals surface area contributed by atoms with Crippen LogP contribution in [-0.4, -0.2) is 42.0 Å². The second-order valence-electron chi connectivity index (χ2n) is 5.60. The summed E-state index contributed by atoms with van der Waals surface area (Å²) in [6, 6.07) is 11.2. The van der Waals surface area contributed by atoms with Gasteiger partial charge in [0.25, 0.3) is 11.6 Å². The predicted octanol–water partition coefficient (Wildman–Crippen LogP) is 3.16. The van der Waals surface area contributed by atoms with Gasteiger partial charge >= 0.3 is 0 Å². The molecule has 1 heterocycles. The lowest BCUT2D eigenvalue weighted by Gasteiger charge is -2.29. The number of carbonyl (C=O) groups excluding carboxylic acids is 1. The van der Waals surface area contributed by atoms with Gasteiger partial charge in [0.1, 0.15) is 12.2 Å². The third-order valence-electron chi connectivity index (χ3n) is 3.78. The molecule has 1 amide bonds. The predicted molar refractivity (Wildman–Crippen MR) is 91.4 cm³/mol. The highest BCUT2D eigenvalue weighted by atomic mass is 35.5. The zero-order valence-corrected chi connectivity index (χ0v) is 14.1. The molecule has 2 aromatic carbocycles. The molecule has 0 N–H and O–H groups in total. The molecule has 130 valence electrons. The molecule has 1 aliphatic heterocycles. The van der Waals surface area contributed by atoms with Crippen molar-refractivity contribution in [3.8, 4) is 11.5 Å². The van der Waals surface area contributed by atoms with Crippen LogP contribution in [0.4, 0.5) is 5.69 Å². The standard InChI is InChI=1S/C17H15ClN2O5/c1-19(9-12-10-24-15-4-2-3-5-16(15)25-12)17(21)13-7-6-11(18)8-14(13)20(22)23/h2-8,12H,9-10H2,1H3. The molecule has 2 aromatic rings. The first-order valence-corrected chi connectivity index (χ1v) is 7.91. The Kier molecular flexibility index (Phi) is 4.76. The van der Waals surface area contributed by atoms with E-state index in [-0.39, 0.29) is 35.5 Å². The number of nitrogens with zero attached hydrogens (tertiary/aromatic N) is 2. The number of hydrogen-bond acceptors (Lipinski definition) is 5. The Morgan fingerprint density at radius 3 is 2.76 bits per heavy atom. The summed E-state index contributed by atoms with van der Waals surface area (Å²) in [5, 5.41) is 11.4. The molecule has 7 nitrogen and oxygen atoms in total. The molecule has 1 unspecified atom stereocenters. The smallest absolute Gasteiger partial charge is 0.283 e. The molecular weight excluding hydrogens is 348 g/mol. The third-order valence-corrected chi connectivity index (χ3v) is 4.01. The fourth-order valence-corrected chi connectivity index (χ4v) is 2.75. The van der Waals surface area contributed by atoms with E-state index in [1.807, 2.05) is 12.1 Å². The zero-order chi connectivity index (χ0) is 18.0. The minimum absolute atomic E-state index is 0.0194. The highest BCUT2D eigenvalue weighted by Crippen LogP contribution is 2.31. The normalized spacial score (nSPS) is 15.5. The number of fused-ring (bicyclic) bond motifs is 1. The molecule has 0 bridgehead atoms. The molecule has 3 rings (SSSR count). The van der Waals surface area contributed by atoms with Gasteiger partial charge in [-0.05, 0) is 24.3 Å². The number of para-hydroxylation sites is 2. The van der Waals surface area contributed by atoms with Gasteiger partial charge in [-0.2, -0.15) is 0 Å². The second-order valence-corrected chi connectivity index (χ2v) is 6.04. The number of nitro groups is 1. The van der Waals surface area contributed by atoms with Gasteiger partial charge in [0.15, 0.2) is 17.6 Å². The first-order chi connectivity index (χ1) is 12.0. The fraction of sp³-hybridized carbons (Fsp3) is 0.235. The Hall–Kier alpha value is -2.80. The molecule has 25 heavy (non-hydrogen) atoms. The van der Waals surface area contributed by atoms with Gasteiger partial charge in [-0.3, -0.25) is 14.9 Å². The van der Waals surface area contributed by atoms with Crippen molar-refractivity contribution in [2.75, 3.05) is 20.2 Å². The van der Waals surface area contributed by atoms with E-state index in [2.05, 4.69) is 0 Å². The van der Waals surface area contributed by atoms with Crippen molar-refractivity contribution < 1.29 is 19.2 Å². The van der Waals surface area contributed by atoms with Crippen molar-refractivity contribution in [2.24, 2.45) is 0 Å². The molecule has 1 aliphatic rings. The van der Waals surface area contributed by atoms with E-state index in [0.29, 0.717) is 11.5 Å². The van der Waals surface area contributed by atoms with Crippen LogP contribution in [0.25, 0.3) is 0 Å². The maximum absolute atomic E-state index is 12.6. The van der Waals surface area contributed by atoms with E-state index < -0.39 is 10.8 Å². The number of carbonyl (C=O) groups is 1. The zero-order valence-electron chi connectivity index (χ0n) is 13.3. The Bertz CT molecular complexity index is 826. The van der Waals surface area contributed by atoms with Crippen molar-refractivity contribution in [1.82, 2.24) is 4.90 Å². The van der Waals surface area contributed by atoms with Crippen LogP contribution in [0.15, 0.2) is 42.5 Å². The van der Waals surface area contributed by atoms with Gasteiger partial charge in [-0.1, -0.05) is 23.7 Å². The van der Waals surface area contributed by atoms with Crippen LogP contribution in [0.5, 0.6) is 11.5 Å². The molecule has 0 aliphatic carbocycles. The van der Waals surface area contributed by atoms with Crippen LogP contribution in [0.3, 0.4) is 0 Å². The number of likely N-dealkylation sites (N-methyl/N-ethyl adjacent to an activating group) is 1. The lowest BCUT2D eigenvalue weighted by atomic mass is 10.1. The van der Waals surface area contributed by atoms with Crippen LogP contribution in [0.2, 0.25) is 5.02 Å². The first kappa shape index (κ1) is 17.0. The van der Waals surface area contributed by atoms with E-state index in [9.17, 15) is 14.9 Å². The summed E-state index contributed by atoms with van der Waals surface area (Å²) < 4.78 is 11.4. The molecule has 0 fully saturated rings. The van der Waals surface area contributed by atoms with Crippen LogP contribution in [0, 0.1) is 10.1 Å². The lowest BCUT2D eigenvalue weighted by Crippen LogP contribution is -2.41. The summed E-state index contributed by atoms with van der Waals surface area (Å²) in [6.07, 6.45) is -0.366. The van der Waals surface area contributed by atoms with E-state index in [1.54, 1.807) is 19.2 Å². The molecule has 0 spiro atoms. The van der Waals surface area contributed by atoms with Crippen LogP contribution < -0.4 is 9.47 Å². The Labute approximate surface area is 148 Å². The van der Waals surface area contributed by atoms with E-state index in [4.69, 9.17) is 21.1 Å². The maximum atomic E-state index is 12.6. The van der Waals surface area contributed by atoms with Gasteiger partial charge in [0.2, 0.25) is 0 Å². The average molecular weight is 363 g/mol. The summed E-state index contributed by atoms with van der Waals surface area (Å²) in [4.78, 5) is 24.5. The van der Waals surface area contributed by atoms with Crippen molar-refractivity contribution >= 4 is 23.2 Å². The highest BCUT2D eigenvalue weighted by molar-refractivity contribution is 6.31. The monoisotopic (exact) mass is 362 g/mol. The van der Waals surface area contributed by atoms with Crippen LogP contribution >= 0.6 is 11.6 Å². The van der Waals surface area contributed by atoms with Gasteiger partial charge in [0, 0.05) is 18.1 Å². The van der Waals surface area contributed by atoms with E-state index in [1.165, 1.54) is 23.1 Å². The second kappa shape index (κ2) is 6.98. The number of hydrogen-bond donors (Lipinski definition) is 0. The van der Waals surface area contributed by atoms with Gasteiger partial charge in [-0.15, -0.1) is 0 Å². The number of amides is 1. The third kappa shape index (κ3) is 3.66. The summed E-state index contributed by atoms with van der Waals surface area (Å²) in [5.41, 5.74) is -0.343. The number of benzene rings is 2. The molecule has 0 aromatic heterocycles. The van der Waals surface area contributed by atoms with Crippen molar-refractivity contribution in [3.63, 3.8) is 0 Å². The number of rotatable bonds is 4. The SMILES string of the molecule is CN(CC1COc2ccccc2O1)C(=O)c1ccc(Cl)cc1[N+](=O)[O-]. The minimum Gasteiger partial charge on any atom is -0.486 e. The number of halogens is 1. The molecule has 0 radical (unpaired) electrons. The van der Waals surface area contributed by atoms with Gasteiger partial charge in [0.05, 0.1) is 11.5 Å². The summed E-state index contributed by atoms with van der Waals surface area (Å²) in [5.74, 6) is 0.781. The topological polar surface area (TPSA) is 81.9 Å². The van der Waals surface area contributed by atoms with E-state index in [0.717, 1.165) is 0 Å². The Balaban J connectivity index is 1.73. The van der Waals surface area contributed by atoms with Crippen LogP contribution in [0.1, 0.15) is 10.4 Å². The minimum atomic E-state index is -0.622. The average Bonchev–Trinajstić information content (AvgIpc) is 2.60.